The zero-order valence-electron chi connectivity index (χ0n) is 8.97. The minimum Gasteiger partial charge on any atom is -0.330 e. The molecule has 14 heavy (non-hydrogen) atoms. The molecule has 2 aliphatic rings. The maximum absolute atomic E-state index is 5.83. The van der Waals surface area contributed by atoms with Crippen molar-refractivity contribution in [1.29, 1.82) is 0 Å². The zero-order valence-corrected chi connectivity index (χ0v) is 8.97. The SMILES string of the molecule is NCC(CNC1CCC1)C1CCNC1. The average Bonchev–Trinajstić information content (AvgIpc) is 2.62. The summed E-state index contributed by atoms with van der Waals surface area (Å²) in [6.45, 7) is 4.33. The second-order valence-corrected chi connectivity index (χ2v) is 4.78. The van der Waals surface area contributed by atoms with E-state index in [0.717, 1.165) is 25.0 Å². The second kappa shape index (κ2) is 5.10. The lowest BCUT2D eigenvalue weighted by molar-refractivity contribution is 0.281. The van der Waals surface area contributed by atoms with Crippen molar-refractivity contribution in [2.45, 2.75) is 31.7 Å². The van der Waals surface area contributed by atoms with E-state index in [-0.39, 0.29) is 0 Å². The van der Waals surface area contributed by atoms with Crippen LogP contribution in [0.15, 0.2) is 0 Å². The van der Waals surface area contributed by atoms with Crippen LogP contribution in [0.1, 0.15) is 25.7 Å². The Balaban J connectivity index is 1.68. The number of rotatable bonds is 5. The van der Waals surface area contributed by atoms with E-state index in [4.69, 9.17) is 5.73 Å². The molecule has 0 spiro atoms. The van der Waals surface area contributed by atoms with Crippen LogP contribution in [0, 0.1) is 11.8 Å². The van der Waals surface area contributed by atoms with Gasteiger partial charge < -0.3 is 16.4 Å². The predicted octanol–water partition coefficient (Wildman–Crippen LogP) is 0.313. The molecule has 1 aliphatic carbocycles. The van der Waals surface area contributed by atoms with Gasteiger partial charge in [-0.15, -0.1) is 0 Å². The summed E-state index contributed by atoms with van der Waals surface area (Å²) >= 11 is 0. The van der Waals surface area contributed by atoms with Crippen molar-refractivity contribution >= 4 is 0 Å². The van der Waals surface area contributed by atoms with Crippen LogP contribution in [-0.4, -0.2) is 32.2 Å². The molecule has 3 nitrogen and oxygen atoms in total. The van der Waals surface area contributed by atoms with E-state index in [1.54, 1.807) is 0 Å². The van der Waals surface area contributed by atoms with Gasteiger partial charge in [0.2, 0.25) is 0 Å². The molecule has 1 saturated carbocycles. The molecular weight excluding hydrogens is 174 g/mol. The van der Waals surface area contributed by atoms with Gasteiger partial charge in [0.15, 0.2) is 0 Å². The van der Waals surface area contributed by atoms with Crippen molar-refractivity contribution in [3.05, 3.63) is 0 Å². The van der Waals surface area contributed by atoms with Crippen LogP contribution in [-0.2, 0) is 0 Å². The molecule has 1 saturated heterocycles. The minimum atomic E-state index is 0.686. The molecule has 0 aromatic heterocycles. The van der Waals surface area contributed by atoms with Crippen molar-refractivity contribution in [3.63, 3.8) is 0 Å². The summed E-state index contributed by atoms with van der Waals surface area (Å²) in [7, 11) is 0. The normalized spacial score (nSPS) is 30.2. The van der Waals surface area contributed by atoms with E-state index in [9.17, 15) is 0 Å². The Morgan fingerprint density at radius 3 is 2.71 bits per heavy atom. The van der Waals surface area contributed by atoms with E-state index in [1.807, 2.05) is 0 Å². The molecule has 3 heteroatoms. The lowest BCUT2D eigenvalue weighted by Gasteiger charge is -2.30. The summed E-state index contributed by atoms with van der Waals surface area (Å²) in [6.07, 6.45) is 5.48. The lowest BCUT2D eigenvalue weighted by Crippen LogP contribution is -2.42. The quantitative estimate of drug-likeness (QED) is 0.594. The molecule has 0 amide bonds. The molecule has 2 unspecified atom stereocenters. The fraction of sp³-hybridized carbons (Fsp3) is 1.00. The first kappa shape index (κ1) is 10.4. The number of nitrogens with one attached hydrogen (secondary N) is 2. The Hall–Kier alpha value is -0.120. The molecule has 0 radical (unpaired) electrons. The molecule has 1 heterocycles. The Morgan fingerprint density at radius 1 is 1.36 bits per heavy atom. The van der Waals surface area contributed by atoms with Gasteiger partial charge in [-0.25, -0.2) is 0 Å². The fourth-order valence-electron chi connectivity index (χ4n) is 2.45. The Bertz CT molecular complexity index is 162. The van der Waals surface area contributed by atoms with Crippen molar-refractivity contribution in [2.75, 3.05) is 26.2 Å². The van der Waals surface area contributed by atoms with Crippen LogP contribution >= 0.6 is 0 Å². The summed E-state index contributed by atoms with van der Waals surface area (Å²) < 4.78 is 0. The predicted molar refractivity (Wildman–Crippen MR) is 59.2 cm³/mol. The van der Waals surface area contributed by atoms with Gasteiger partial charge in [-0.3, -0.25) is 0 Å². The van der Waals surface area contributed by atoms with Gasteiger partial charge in [-0.1, -0.05) is 6.42 Å². The lowest BCUT2D eigenvalue weighted by atomic mass is 9.89. The van der Waals surface area contributed by atoms with Gasteiger partial charge in [0.05, 0.1) is 0 Å². The maximum atomic E-state index is 5.83. The number of nitrogens with two attached hydrogens (primary N) is 1. The van der Waals surface area contributed by atoms with Gasteiger partial charge >= 0.3 is 0 Å². The van der Waals surface area contributed by atoms with E-state index >= 15 is 0 Å². The summed E-state index contributed by atoms with van der Waals surface area (Å²) in [6, 6.07) is 0.804. The summed E-state index contributed by atoms with van der Waals surface area (Å²) in [5, 5.41) is 7.06. The average molecular weight is 197 g/mol. The third kappa shape index (κ3) is 2.47. The van der Waals surface area contributed by atoms with Crippen LogP contribution in [0.5, 0.6) is 0 Å². The van der Waals surface area contributed by atoms with Crippen LogP contribution in [0.2, 0.25) is 0 Å². The van der Waals surface area contributed by atoms with E-state index < -0.39 is 0 Å². The van der Waals surface area contributed by atoms with Gasteiger partial charge in [0, 0.05) is 6.04 Å². The van der Waals surface area contributed by atoms with Crippen molar-refractivity contribution in [3.8, 4) is 0 Å². The van der Waals surface area contributed by atoms with Crippen LogP contribution in [0.4, 0.5) is 0 Å². The molecule has 2 fully saturated rings. The molecule has 0 bridgehead atoms. The van der Waals surface area contributed by atoms with Crippen molar-refractivity contribution in [1.82, 2.24) is 10.6 Å². The van der Waals surface area contributed by atoms with Crippen molar-refractivity contribution < 1.29 is 0 Å². The first-order chi connectivity index (χ1) is 6.90. The van der Waals surface area contributed by atoms with Crippen molar-refractivity contribution in [2.24, 2.45) is 17.6 Å². The Labute approximate surface area is 86.8 Å². The molecule has 0 aromatic carbocycles. The topological polar surface area (TPSA) is 50.1 Å². The number of hydrogen-bond donors (Lipinski definition) is 3. The zero-order chi connectivity index (χ0) is 9.80. The maximum Gasteiger partial charge on any atom is 0.00672 e. The first-order valence-electron chi connectivity index (χ1n) is 6.04. The minimum absolute atomic E-state index is 0.686. The van der Waals surface area contributed by atoms with E-state index in [1.165, 1.54) is 38.8 Å². The van der Waals surface area contributed by atoms with E-state index in [0.29, 0.717) is 5.92 Å². The van der Waals surface area contributed by atoms with Crippen LogP contribution in [0.25, 0.3) is 0 Å². The molecule has 0 aromatic rings. The molecule has 4 N–H and O–H groups in total. The number of hydrogen-bond acceptors (Lipinski definition) is 3. The molecular formula is C11H23N3. The Kier molecular flexibility index (Phi) is 3.79. The highest BCUT2D eigenvalue weighted by molar-refractivity contribution is 4.83. The Morgan fingerprint density at radius 2 is 2.21 bits per heavy atom. The second-order valence-electron chi connectivity index (χ2n) is 4.78. The van der Waals surface area contributed by atoms with Gasteiger partial charge in [-0.05, 0) is 57.3 Å². The van der Waals surface area contributed by atoms with Crippen LogP contribution < -0.4 is 16.4 Å². The molecule has 82 valence electrons. The standard InChI is InChI=1S/C11H23N3/c12-6-10(9-4-5-13-7-9)8-14-11-2-1-3-11/h9-11,13-14H,1-8,12H2. The highest BCUT2D eigenvalue weighted by Crippen LogP contribution is 2.21. The highest BCUT2D eigenvalue weighted by atomic mass is 14.9. The highest BCUT2D eigenvalue weighted by Gasteiger charge is 2.25. The third-order valence-electron chi connectivity index (χ3n) is 3.84. The van der Waals surface area contributed by atoms with Gasteiger partial charge in [0.25, 0.3) is 0 Å². The molecule has 2 rings (SSSR count). The van der Waals surface area contributed by atoms with Crippen LogP contribution in [0.3, 0.4) is 0 Å². The summed E-state index contributed by atoms with van der Waals surface area (Å²) in [5.74, 6) is 1.50. The van der Waals surface area contributed by atoms with Gasteiger partial charge in [-0.2, -0.15) is 0 Å². The largest absolute Gasteiger partial charge is 0.330 e. The monoisotopic (exact) mass is 197 g/mol. The summed E-state index contributed by atoms with van der Waals surface area (Å²) in [5.41, 5.74) is 5.83. The first-order valence-corrected chi connectivity index (χ1v) is 6.04. The molecule has 1 aliphatic heterocycles. The third-order valence-corrected chi connectivity index (χ3v) is 3.84. The fourth-order valence-corrected chi connectivity index (χ4v) is 2.45. The molecule has 2 atom stereocenters. The smallest absolute Gasteiger partial charge is 0.00672 e. The van der Waals surface area contributed by atoms with Gasteiger partial charge in [0.1, 0.15) is 0 Å². The summed E-state index contributed by atoms with van der Waals surface area (Å²) in [4.78, 5) is 0. The van der Waals surface area contributed by atoms with E-state index in [2.05, 4.69) is 10.6 Å².